The molecule has 2 heterocycles. The van der Waals surface area contributed by atoms with Gasteiger partial charge in [-0.1, -0.05) is 18.2 Å². The van der Waals surface area contributed by atoms with Gasteiger partial charge in [0.2, 0.25) is 0 Å². The van der Waals surface area contributed by atoms with E-state index in [0.717, 1.165) is 18.7 Å². The molecule has 0 radical (unpaired) electrons. The van der Waals surface area contributed by atoms with Crippen LogP contribution in [0.1, 0.15) is 5.56 Å². The Morgan fingerprint density at radius 1 is 1.36 bits per heavy atom. The molecule has 0 bridgehead atoms. The van der Waals surface area contributed by atoms with E-state index in [1.165, 1.54) is 10.5 Å². The summed E-state index contributed by atoms with van der Waals surface area (Å²) in [6, 6.07) is 8.67. The van der Waals surface area contributed by atoms with Crippen LogP contribution < -0.4 is 5.32 Å². The summed E-state index contributed by atoms with van der Waals surface area (Å²) in [6.07, 6.45) is 2.96. The maximum absolute atomic E-state index is 4.28. The van der Waals surface area contributed by atoms with Crippen molar-refractivity contribution < 1.29 is 0 Å². The fourth-order valence-corrected chi connectivity index (χ4v) is 3.27. The van der Waals surface area contributed by atoms with Crippen molar-refractivity contribution in [2.24, 2.45) is 4.99 Å². The lowest BCUT2D eigenvalue weighted by Crippen LogP contribution is -2.49. The minimum atomic E-state index is 0.207. The van der Waals surface area contributed by atoms with Crippen molar-refractivity contribution in [1.82, 2.24) is 5.32 Å². The molecule has 72 valence electrons. The summed E-state index contributed by atoms with van der Waals surface area (Å²) in [5.74, 6) is 1.13. The Labute approximate surface area is 87.8 Å². The Hall–Kier alpha value is -0.960. The van der Waals surface area contributed by atoms with Crippen LogP contribution in [0.4, 0.5) is 0 Å². The number of nitrogens with one attached hydrogen (secondary N) is 1. The van der Waals surface area contributed by atoms with E-state index in [0.29, 0.717) is 0 Å². The molecule has 3 heteroatoms. The fourth-order valence-electron chi connectivity index (χ4n) is 2.07. The minimum Gasteiger partial charge on any atom is -0.368 e. The Bertz CT molecular complexity index is 379. The average molecular weight is 204 g/mol. The second-order valence-electron chi connectivity index (χ2n) is 3.97. The lowest BCUT2D eigenvalue weighted by atomic mass is 9.93. The van der Waals surface area contributed by atoms with Crippen LogP contribution in [0, 0.1) is 0 Å². The van der Waals surface area contributed by atoms with Crippen molar-refractivity contribution >= 4 is 18.1 Å². The molecule has 3 rings (SSSR count). The largest absolute Gasteiger partial charge is 0.368 e. The average Bonchev–Trinajstić information content (AvgIpc) is 2.66. The van der Waals surface area contributed by atoms with Crippen molar-refractivity contribution in [3.63, 3.8) is 0 Å². The van der Waals surface area contributed by atoms with Gasteiger partial charge in [-0.2, -0.15) is 0 Å². The van der Waals surface area contributed by atoms with Crippen LogP contribution in [0.5, 0.6) is 0 Å². The van der Waals surface area contributed by atoms with Crippen molar-refractivity contribution in [3.05, 3.63) is 29.8 Å². The van der Waals surface area contributed by atoms with Gasteiger partial charge in [0.1, 0.15) is 0 Å². The van der Waals surface area contributed by atoms with E-state index in [2.05, 4.69) is 34.6 Å². The number of nitrogens with zero attached hydrogens (tertiary/aromatic N) is 1. The molecule has 1 spiro atoms. The van der Waals surface area contributed by atoms with Crippen molar-refractivity contribution in [2.45, 2.75) is 16.9 Å². The lowest BCUT2D eigenvalue weighted by molar-refractivity contribution is 0.455. The van der Waals surface area contributed by atoms with Gasteiger partial charge in [-0.3, -0.25) is 4.99 Å². The molecule has 0 amide bonds. The number of fused-ring (bicyclic) bond motifs is 1. The summed E-state index contributed by atoms with van der Waals surface area (Å²) >= 11 is 1.94. The zero-order valence-electron chi connectivity index (χ0n) is 7.86. The van der Waals surface area contributed by atoms with Gasteiger partial charge in [0, 0.05) is 10.6 Å². The number of hydrogen-bond donors (Lipinski definition) is 1. The van der Waals surface area contributed by atoms with E-state index in [9.17, 15) is 0 Å². The summed E-state index contributed by atoms with van der Waals surface area (Å²) in [5, 5.41) is 3.40. The van der Waals surface area contributed by atoms with Gasteiger partial charge in [-0.05, 0) is 18.1 Å². The summed E-state index contributed by atoms with van der Waals surface area (Å²) < 4.78 is 0. The Morgan fingerprint density at radius 3 is 3.14 bits per heavy atom. The molecule has 1 aromatic rings. The van der Waals surface area contributed by atoms with Crippen LogP contribution in [0.2, 0.25) is 0 Å². The normalized spacial score (nSPS) is 28.9. The molecule has 0 saturated heterocycles. The summed E-state index contributed by atoms with van der Waals surface area (Å²) in [7, 11) is 0. The van der Waals surface area contributed by atoms with E-state index in [-0.39, 0.29) is 5.54 Å². The lowest BCUT2D eigenvalue weighted by Gasteiger charge is -2.33. The third-order valence-electron chi connectivity index (χ3n) is 2.86. The quantitative estimate of drug-likeness (QED) is 0.695. The number of aliphatic imine (C=N–C) groups is 1. The van der Waals surface area contributed by atoms with Crippen LogP contribution in [0.3, 0.4) is 0 Å². The van der Waals surface area contributed by atoms with E-state index < -0.39 is 0 Å². The van der Waals surface area contributed by atoms with Crippen molar-refractivity contribution in [3.8, 4) is 0 Å². The Kier molecular flexibility index (Phi) is 1.80. The number of hydrogen-bond acceptors (Lipinski definition) is 3. The van der Waals surface area contributed by atoms with E-state index in [4.69, 9.17) is 0 Å². The van der Waals surface area contributed by atoms with E-state index in [1.807, 2.05) is 18.1 Å². The Balaban J connectivity index is 1.93. The van der Waals surface area contributed by atoms with Crippen molar-refractivity contribution in [1.29, 1.82) is 0 Å². The third kappa shape index (κ3) is 1.23. The molecule has 0 aromatic heterocycles. The second kappa shape index (κ2) is 3.02. The fraction of sp³-hybridized carbons (Fsp3) is 0.364. The molecule has 2 aliphatic rings. The number of rotatable bonds is 0. The van der Waals surface area contributed by atoms with Crippen LogP contribution in [-0.4, -0.2) is 24.2 Å². The maximum atomic E-state index is 4.28. The molecule has 0 saturated carbocycles. The zero-order valence-corrected chi connectivity index (χ0v) is 8.68. The Morgan fingerprint density at radius 2 is 2.29 bits per heavy atom. The van der Waals surface area contributed by atoms with Gasteiger partial charge in [-0.15, -0.1) is 11.8 Å². The second-order valence-corrected chi connectivity index (χ2v) is 4.98. The van der Waals surface area contributed by atoms with Gasteiger partial charge in [0.15, 0.2) is 0 Å². The van der Waals surface area contributed by atoms with Crippen LogP contribution in [0.25, 0.3) is 0 Å². The highest BCUT2D eigenvalue weighted by Crippen LogP contribution is 2.35. The summed E-state index contributed by atoms with van der Waals surface area (Å²) in [4.78, 5) is 5.72. The first-order chi connectivity index (χ1) is 6.88. The van der Waals surface area contributed by atoms with Crippen LogP contribution in [0.15, 0.2) is 34.2 Å². The first-order valence-electron chi connectivity index (χ1n) is 4.85. The molecular formula is C11H12N2S. The van der Waals surface area contributed by atoms with Crippen molar-refractivity contribution in [2.75, 3.05) is 12.3 Å². The van der Waals surface area contributed by atoms with Gasteiger partial charge < -0.3 is 5.32 Å². The highest BCUT2D eigenvalue weighted by Gasteiger charge is 2.35. The molecule has 1 aromatic carbocycles. The number of benzene rings is 1. The van der Waals surface area contributed by atoms with Crippen LogP contribution in [-0.2, 0) is 6.42 Å². The van der Waals surface area contributed by atoms with E-state index >= 15 is 0 Å². The smallest absolute Gasteiger partial charge is 0.0830 e. The topological polar surface area (TPSA) is 24.4 Å². The molecule has 2 aliphatic heterocycles. The van der Waals surface area contributed by atoms with Crippen LogP contribution >= 0.6 is 11.8 Å². The first-order valence-corrected chi connectivity index (χ1v) is 5.83. The molecule has 1 unspecified atom stereocenters. The van der Waals surface area contributed by atoms with Gasteiger partial charge >= 0.3 is 0 Å². The molecule has 2 nitrogen and oxygen atoms in total. The molecule has 1 atom stereocenters. The predicted molar refractivity (Wildman–Crippen MR) is 60.1 cm³/mol. The first kappa shape index (κ1) is 8.36. The molecule has 0 aliphatic carbocycles. The van der Waals surface area contributed by atoms with Gasteiger partial charge in [0.25, 0.3) is 0 Å². The van der Waals surface area contributed by atoms with Gasteiger partial charge in [0.05, 0.1) is 18.4 Å². The standard InChI is InChI=1S/C11H12N2S/c1-2-4-10-9(3-1)5-11(7-14-10)6-12-8-13-11/h1-4,8H,5-7H2,(H,12,13). The summed E-state index contributed by atoms with van der Waals surface area (Å²) in [6.45, 7) is 0.925. The highest BCUT2D eigenvalue weighted by atomic mass is 32.2. The molecular weight excluding hydrogens is 192 g/mol. The third-order valence-corrected chi connectivity index (χ3v) is 4.27. The van der Waals surface area contributed by atoms with Gasteiger partial charge in [-0.25, -0.2) is 0 Å². The molecule has 0 fully saturated rings. The zero-order chi connectivity index (χ0) is 9.43. The monoisotopic (exact) mass is 204 g/mol. The van der Waals surface area contributed by atoms with E-state index in [1.54, 1.807) is 0 Å². The highest BCUT2D eigenvalue weighted by molar-refractivity contribution is 7.99. The molecule has 14 heavy (non-hydrogen) atoms. The predicted octanol–water partition coefficient (Wildman–Crippen LogP) is 1.71. The SMILES string of the molecule is C1=NCC2(CSc3ccccc3C2)N1. The maximum Gasteiger partial charge on any atom is 0.0830 e. The minimum absolute atomic E-state index is 0.207. The number of thioether (sulfide) groups is 1. The molecule has 1 N–H and O–H groups in total. The summed E-state index contributed by atoms with van der Waals surface area (Å²) in [5.41, 5.74) is 1.67.